The van der Waals surface area contributed by atoms with E-state index in [0.717, 1.165) is 138 Å². The second-order valence-corrected chi connectivity index (χ2v) is 27.5. The SMILES string of the molecule is Brc1cc(-c2ccc(-c3ccccc3)cc2)nc(-c2ccccc2)n1.C.CC1(C)OB(c2ccc(-c3nc4c(nc5ccccn54)c4ccccc34)cc2)OC1(C)C.c1ccc(-c2ccc(-c3cc(-c4ccc(-c5nc6c(nc7ccccn76)c6ccccc56)cc4)nc(-c4ccccc4)n3)cc2)cc1. The van der Waals surface area contributed by atoms with Gasteiger partial charge in [0.1, 0.15) is 26.9 Å². The Morgan fingerprint density at radius 2 is 0.610 bits per heavy atom. The second-order valence-electron chi connectivity index (χ2n) is 26.7. The molecule has 0 bridgehead atoms. The van der Waals surface area contributed by atoms with E-state index in [1.807, 2.05) is 126 Å². The van der Waals surface area contributed by atoms with Crippen LogP contribution in [0.15, 0.2) is 332 Å². The second kappa shape index (κ2) is 28.4. The lowest BCUT2D eigenvalue weighted by Crippen LogP contribution is -2.41. The molecule has 1 aliphatic heterocycles. The molecule has 0 amide bonds. The number of hydrogen-bond acceptors (Lipinski definition) is 10. The van der Waals surface area contributed by atoms with Crippen molar-refractivity contribution in [2.24, 2.45) is 0 Å². The highest BCUT2D eigenvalue weighted by atomic mass is 79.9. The van der Waals surface area contributed by atoms with Crippen molar-refractivity contribution in [3.05, 3.63) is 332 Å². The van der Waals surface area contributed by atoms with Crippen molar-refractivity contribution in [1.29, 1.82) is 0 Å². The van der Waals surface area contributed by atoms with Crippen LogP contribution in [0.1, 0.15) is 35.1 Å². The molecule has 8 aromatic heterocycles. The summed E-state index contributed by atoms with van der Waals surface area (Å²) in [5.74, 6) is 1.41. The lowest BCUT2D eigenvalue weighted by atomic mass is 9.78. The van der Waals surface area contributed by atoms with Crippen LogP contribution in [-0.4, -0.2) is 67.0 Å². The first-order valence-corrected chi connectivity index (χ1v) is 35.5. The third-order valence-corrected chi connectivity index (χ3v) is 19.9. The molecule has 0 radical (unpaired) electrons. The quantitative estimate of drug-likeness (QED) is 0.0963. The maximum atomic E-state index is 6.21. The van der Waals surface area contributed by atoms with Gasteiger partial charge < -0.3 is 9.31 Å². The van der Waals surface area contributed by atoms with E-state index in [9.17, 15) is 0 Å². The highest BCUT2D eigenvalue weighted by Crippen LogP contribution is 2.40. The standard InChI is InChI=1S/C42H27N5.C26H24BN3O2.C22H15BrN2.CH4/c1-3-11-28(12-4-1)29-18-20-30(21-19-29)36-27-37(44-41(43-36)33-13-5-2-6-14-33)31-22-24-32(25-23-31)39-34-15-7-8-16-35(34)40-42(46-39)47-26-10-9-17-38(47)45-40;1-25(2)26(3,4)32-27(31-25)18-14-12-17(13-15-18)22-19-9-5-6-10-20(19)23-24(29-22)30-16-8-7-11-21(30)28-23;23-21-15-20(24-22(25-21)19-9-5-2-6-10-19)18-13-11-17(12-14-18)16-7-3-1-4-8-16;/h1-27H;5-16H,1-4H3;1-15H;1H4. The topological polar surface area (TPSA) is 130 Å². The van der Waals surface area contributed by atoms with Gasteiger partial charge in [-0.15, -0.1) is 0 Å². The number of hydrogen-bond donors (Lipinski definition) is 0. The monoisotopic (exact) mass is 1420 g/mol. The van der Waals surface area contributed by atoms with Gasteiger partial charge in [-0.2, -0.15) is 0 Å². The molecule has 0 atom stereocenters. The van der Waals surface area contributed by atoms with Crippen molar-refractivity contribution in [1.82, 2.24) is 48.7 Å². The Balaban J connectivity index is 0.000000127. The van der Waals surface area contributed by atoms with Crippen LogP contribution in [0.5, 0.6) is 0 Å². The number of halogens is 1. The van der Waals surface area contributed by atoms with Crippen molar-refractivity contribution in [2.75, 3.05) is 0 Å². The van der Waals surface area contributed by atoms with Gasteiger partial charge in [0.2, 0.25) is 0 Å². The van der Waals surface area contributed by atoms with Crippen LogP contribution in [0.4, 0.5) is 0 Å². The summed E-state index contributed by atoms with van der Waals surface area (Å²) in [5, 5.41) is 4.36. The average Bonchev–Trinajstić information content (AvgIpc) is 1.64. The number of fused-ring (bicyclic) bond motifs is 10. The molecular formula is C91H70BBrN10O2. The van der Waals surface area contributed by atoms with Crippen molar-refractivity contribution >= 4 is 83.7 Å². The smallest absolute Gasteiger partial charge is 0.399 e. The first kappa shape index (κ1) is 67.1. The summed E-state index contributed by atoms with van der Waals surface area (Å²) in [7, 11) is -0.375. The molecule has 1 aliphatic rings. The summed E-state index contributed by atoms with van der Waals surface area (Å²) >= 11 is 3.51. The van der Waals surface area contributed by atoms with E-state index in [2.05, 4.69) is 259 Å². The van der Waals surface area contributed by atoms with E-state index < -0.39 is 0 Å². The predicted molar refractivity (Wildman–Crippen MR) is 433 cm³/mol. The van der Waals surface area contributed by atoms with Gasteiger partial charge in [-0.05, 0) is 108 Å². The number of imidazole rings is 2. The zero-order valence-corrected chi connectivity index (χ0v) is 59.0. The largest absolute Gasteiger partial charge is 0.494 e. The molecule has 506 valence electrons. The van der Waals surface area contributed by atoms with Gasteiger partial charge in [0.15, 0.2) is 22.9 Å². The van der Waals surface area contributed by atoms with Gasteiger partial charge in [-0.3, -0.25) is 8.80 Å². The van der Waals surface area contributed by atoms with Gasteiger partial charge >= 0.3 is 7.12 Å². The van der Waals surface area contributed by atoms with Gasteiger partial charge in [0, 0.05) is 72.9 Å². The number of pyridine rings is 4. The molecule has 12 nitrogen and oxygen atoms in total. The molecule has 0 unspecified atom stereocenters. The molecule has 1 fully saturated rings. The Labute approximate surface area is 617 Å². The summed E-state index contributed by atoms with van der Waals surface area (Å²) in [5.41, 5.74) is 22.1. The van der Waals surface area contributed by atoms with Crippen LogP contribution in [0.25, 0.3) is 156 Å². The van der Waals surface area contributed by atoms with Crippen LogP contribution in [-0.2, 0) is 9.31 Å². The number of aromatic nitrogens is 10. The van der Waals surface area contributed by atoms with Crippen molar-refractivity contribution in [3.8, 4) is 101 Å². The van der Waals surface area contributed by atoms with E-state index in [0.29, 0.717) is 5.82 Å². The number of benzene rings is 10. The molecule has 18 aromatic rings. The Bertz CT molecular complexity index is 6150. The van der Waals surface area contributed by atoms with Crippen molar-refractivity contribution < 1.29 is 9.31 Å². The molecule has 14 heteroatoms. The lowest BCUT2D eigenvalue weighted by Gasteiger charge is -2.32. The summed E-state index contributed by atoms with van der Waals surface area (Å²) in [6.07, 6.45) is 4.03. The molecular weight excluding hydrogens is 1360 g/mol. The normalized spacial score (nSPS) is 13.0. The maximum absolute atomic E-state index is 6.21. The molecule has 0 saturated carbocycles. The fraction of sp³-hybridized carbons (Fsp3) is 0.0769. The molecule has 105 heavy (non-hydrogen) atoms. The summed E-state index contributed by atoms with van der Waals surface area (Å²) in [4.78, 5) is 39.3. The van der Waals surface area contributed by atoms with Gasteiger partial charge in [-0.25, -0.2) is 39.9 Å². The minimum absolute atomic E-state index is 0. The first-order valence-electron chi connectivity index (χ1n) is 34.7. The van der Waals surface area contributed by atoms with Crippen LogP contribution >= 0.6 is 15.9 Å². The zero-order chi connectivity index (χ0) is 70.3. The van der Waals surface area contributed by atoms with E-state index in [-0.39, 0.29) is 25.7 Å². The predicted octanol–water partition coefficient (Wildman–Crippen LogP) is 22.0. The van der Waals surface area contributed by atoms with Crippen molar-refractivity contribution in [3.63, 3.8) is 0 Å². The lowest BCUT2D eigenvalue weighted by molar-refractivity contribution is 0.00578. The Morgan fingerprint density at radius 1 is 0.295 bits per heavy atom. The average molecular weight is 1430 g/mol. The van der Waals surface area contributed by atoms with Crippen LogP contribution in [0.2, 0.25) is 0 Å². The Morgan fingerprint density at radius 3 is 1.02 bits per heavy atom. The van der Waals surface area contributed by atoms with Crippen LogP contribution in [0.3, 0.4) is 0 Å². The van der Waals surface area contributed by atoms with Crippen LogP contribution in [0, 0.1) is 0 Å². The van der Waals surface area contributed by atoms with E-state index >= 15 is 0 Å². The Hall–Kier alpha value is -12.5. The molecule has 0 N–H and O–H groups in total. The van der Waals surface area contributed by atoms with Gasteiger partial charge in [-0.1, -0.05) is 286 Å². The highest BCUT2D eigenvalue weighted by Gasteiger charge is 2.51. The molecule has 0 spiro atoms. The van der Waals surface area contributed by atoms with E-state index in [4.69, 9.17) is 44.2 Å². The van der Waals surface area contributed by atoms with Crippen molar-refractivity contribution in [2.45, 2.75) is 46.3 Å². The van der Waals surface area contributed by atoms with E-state index in [1.165, 1.54) is 22.3 Å². The number of nitrogens with zero attached hydrogens (tertiary/aromatic N) is 10. The van der Waals surface area contributed by atoms with E-state index in [1.54, 1.807) is 0 Å². The molecule has 19 rings (SSSR count). The maximum Gasteiger partial charge on any atom is 0.494 e. The first-order chi connectivity index (χ1) is 50.9. The minimum Gasteiger partial charge on any atom is -0.399 e. The highest BCUT2D eigenvalue weighted by molar-refractivity contribution is 9.10. The summed E-state index contributed by atoms with van der Waals surface area (Å²) < 4.78 is 17.3. The zero-order valence-electron chi connectivity index (χ0n) is 57.4. The molecule has 10 aromatic carbocycles. The fourth-order valence-electron chi connectivity index (χ4n) is 13.4. The molecule has 9 heterocycles. The summed E-state index contributed by atoms with van der Waals surface area (Å²) in [6, 6.07) is 108. The number of rotatable bonds is 10. The molecule has 0 aliphatic carbocycles. The molecule has 1 saturated heterocycles. The van der Waals surface area contributed by atoms with Crippen LogP contribution < -0.4 is 5.46 Å². The fourth-order valence-corrected chi connectivity index (χ4v) is 13.7. The summed E-state index contributed by atoms with van der Waals surface area (Å²) in [6.45, 7) is 8.29. The van der Waals surface area contributed by atoms with Gasteiger partial charge in [0.25, 0.3) is 0 Å². The Kier molecular flexibility index (Phi) is 18.1. The minimum atomic E-state index is -0.375. The third kappa shape index (κ3) is 13.3. The van der Waals surface area contributed by atoms with Gasteiger partial charge in [0.05, 0.1) is 39.7 Å². The third-order valence-electron chi connectivity index (χ3n) is 19.5.